The lowest BCUT2D eigenvalue weighted by molar-refractivity contribution is 0.0173. The second-order valence-electron chi connectivity index (χ2n) is 7.34. The van der Waals surface area contributed by atoms with Gasteiger partial charge in [-0.05, 0) is 34.6 Å². The Morgan fingerprint density at radius 1 is 1.15 bits per heavy atom. The first-order valence-electron chi connectivity index (χ1n) is 7.68. The van der Waals surface area contributed by atoms with E-state index in [-0.39, 0.29) is 17.0 Å². The van der Waals surface area contributed by atoms with Gasteiger partial charge in [0.2, 0.25) is 0 Å². The fourth-order valence-electron chi connectivity index (χ4n) is 1.98. The molecule has 1 heterocycles. The highest BCUT2D eigenvalue weighted by Gasteiger charge is 2.41. The van der Waals surface area contributed by atoms with Crippen molar-refractivity contribution in [3.05, 3.63) is 0 Å². The zero-order valence-corrected chi connectivity index (χ0v) is 14.9. The van der Waals surface area contributed by atoms with Crippen LogP contribution in [0.15, 0.2) is 0 Å². The molecule has 120 valence electrons. The van der Waals surface area contributed by atoms with Crippen LogP contribution in [0.5, 0.6) is 0 Å². The van der Waals surface area contributed by atoms with Crippen LogP contribution >= 0.6 is 0 Å². The van der Waals surface area contributed by atoms with E-state index in [0.717, 1.165) is 6.54 Å². The molecule has 0 spiro atoms. The van der Waals surface area contributed by atoms with Gasteiger partial charge in [-0.2, -0.15) is 0 Å². The Morgan fingerprint density at radius 2 is 1.65 bits per heavy atom. The van der Waals surface area contributed by atoms with E-state index in [1.54, 1.807) is 0 Å². The largest absolute Gasteiger partial charge is 0.444 e. The Hall–Kier alpha value is -0.770. The minimum atomic E-state index is -0.434. The van der Waals surface area contributed by atoms with Crippen LogP contribution in [0.1, 0.15) is 62.3 Å². The van der Waals surface area contributed by atoms with Gasteiger partial charge in [0.15, 0.2) is 0 Å². The lowest BCUT2D eigenvalue weighted by Crippen LogP contribution is -2.52. The van der Waals surface area contributed by atoms with Gasteiger partial charge in [0.25, 0.3) is 0 Å². The molecule has 0 unspecified atom stereocenters. The van der Waals surface area contributed by atoms with E-state index in [2.05, 4.69) is 33.0 Å². The Kier molecular flexibility index (Phi) is 6.53. The number of amides is 1. The summed E-state index contributed by atoms with van der Waals surface area (Å²) in [5.74, 6) is 0. The van der Waals surface area contributed by atoms with Crippen molar-refractivity contribution in [3.63, 3.8) is 0 Å². The van der Waals surface area contributed by atoms with Crippen LogP contribution in [-0.2, 0) is 4.74 Å². The standard InChI is InChI=1S/C14H28N2O2.C2H6/c1-12(2,3)18-11(17)16-9-8-15-14(6,7)13(4,5)10-16;1-2/h15H,8-10H2,1-7H3;1-2H3. The summed E-state index contributed by atoms with van der Waals surface area (Å²) in [5, 5.41) is 3.51. The molecule has 1 rings (SSSR count). The van der Waals surface area contributed by atoms with Crippen molar-refractivity contribution in [2.75, 3.05) is 19.6 Å². The molecule has 1 amide bonds. The first-order chi connectivity index (χ1) is 8.95. The normalized spacial score (nSPS) is 21.4. The van der Waals surface area contributed by atoms with Gasteiger partial charge in [0, 0.05) is 30.6 Å². The summed E-state index contributed by atoms with van der Waals surface area (Å²) in [6, 6.07) is 0. The molecule has 4 nitrogen and oxygen atoms in total. The maximum absolute atomic E-state index is 12.1. The Labute approximate surface area is 125 Å². The van der Waals surface area contributed by atoms with Crippen LogP contribution in [0.2, 0.25) is 0 Å². The number of nitrogens with one attached hydrogen (secondary N) is 1. The molecule has 0 aromatic heterocycles. The van der Waals surface area contributed by atoms with Crippen molar-refractivity contribution in [3.8, 4) is 0 Å². The molecular formula is C16H34N2O2. The highest BCUT2D eigenvalue weighted by atomic mass is 16.6. The van der Waals surface area contributed by atoms with Gasteiger partial charge >= 0.3 is 6.09 Å². The average molecular weight is 286 g/mol. The molecule has 0 aromatic rings. The highest BCUT2D eigenvalue weighted by molar-refractivity contribution is 5.68. The summed E-state index contributed by atoms with van der Waals surface area (Å²) < 4.78 is 5.45. The van der Waals surface area contributed by atoms with Gasteiger partial charge in [0.1, 0.15) is 5.60 Å². The number of hydrogen-bond donors (Lipinski definition) is 1. The van der Waals surface area contributed by atoms with Gasteiger partial charge in [-0.3, -0.25) is 0 Å². The van der Waals surface area contributed by atoms with E-state index in [4.69, 9.17) is 4.74 Å². The number of nitrogens with zero attached hydrogens (tertiary/aromatic N) is 1. The monoisotopic (exact) mass is 286 g/mol. The molecule has 1 N–H and O–H groups in total. The first kappa shape index (κ1) is 19.2. The van der Waals surface area contributed by atoms with Crippen LogP contribution in [-0.4, -0.2) is 41.8 Å². The molecule has 0 aromatic carbocycles. The Bertz CT molecular complexity index is 317. The van der Waals surface area contributed by atoms with Crippen molar-refractivity contribution >= 4 is 6.09 Å². The topological polar surface area (TPSA) is 41.6 Å². The van der Waals surface area contributed by atoms with Gasteiger partial charge in [-0.1, -0.05) is 27.7 Å². The molecule has 0 atom stereocenters. The van der Waals surface area contributed by atoms with E-state index in [0.29, 0.717) is 13.1 Å². The summed E-state index contributed by atoms with van der Waals surface area (Å²) in [6.45, 7) is 20.6. The van der Waals surface area contributed by atoms with Crippen molar-refractivity contribution in [2.24, 2.45) is 5.41 Å². The Balaban J connectivity index is 0.00000172. The maximum Gasteiger partial charge on any atom is 0.410 e. The van der Waals surface area contributed by atoms with Crippen molar-refractivity contribution in [2.45, 2.75) is 73.5 Å². The summed E-state index contributed by atoms with van der Waals surface area (Å²) in [5.41, 5.74) is -0.430. The highest BCUT2D eigenvalue weighted by Crippen LogP contribution is 2.33. The number of carbonyl (C=O) groups excluding carboxylic acids is 1. The fraction of sp³-hybridized carbons (Fsp3) is 0.938. The van der Waals surface area contributed by atoms with E-state index < -0.39 is 5.60 Å². The molecule has 1 fully saturated rings. The predicted molar refractivity (Wildman–Crippen MR) is 85.0 cm³/mol. The van der Waals surface area contributed by atoms with Crippen molar-refractivity contribution < 1.29 is 9.53 Å². The summed E-state index contributed by atoms with van der Waals surface area (Å²) in [4.78, 5) is 14.0. The SMILES string of the molecule is CC.CC(C)(C)OC(=O)N1CCNC(C)(C)C(C)(C)C1. The molecule has 0 radical (unpaired) electrons. The van der Waals surface area contributed by atoms with E-state index in [1.807, 2.05) is 39.5 Å². The van der Waals surface area contributed by atoms with E-state index >= 15 is 0 Å². The van der Waals surface area contributed by atoms with E-state index in [1.165, 1.54) is 0 Å². The van der Waals surface area contributed by atoms with Gasteiger partial charge in [0.05, 0.1) is 0 Å². The molecule has 0 bridgehead atoms. The summed E-state index contributed by atoms with van der Waals surface area (Å²) >= 11 is 0. The Morgan fingerprint density at radius 3 is 2.10 bits per heavy atom. The molecule has 1 aliphatic rings. The minimum absolute atomic E-state index is 0.000401. The molecule has 1 saturated heterocycles. The maximum atomic E-state index is 12.1. The zero-order chi connectivity index (χ0) is 16.2. The van der Waals surface area contributed by atoms with Crippen LogP contribution in [0.4, 0.5) is 4.79 Å². The molecule has 1 aliphatic heterocycles. The summed E-state index contributed by atoms with van der Waals surface area (Å²) in [6.07, 6.45) is -0.213. The number of carbonyl (C=O) groups is 1. The number of hydrogen-bond acceptors (Lipinski definition) is 3. The lowest BCUT2D eigenvalue weighted by atomic mass is 9.74. The minimum Gasteiger partial charge on any atom is -0.444 e. The quantitative estimate of drug-likeness (QED) is 0.739. The zero-order valence-electron chi connectivity index (χ0n) is 14.9. The second kappa shape index (κ2) is 6.79. The van der Waals surface area contributed by atoms with E-state index in [9.17, 15) is 4.79 Å². The van der Waals surface area contributed by atoms with Gasteiger partial charge in [-0.15, -0.1) is 0 Å². The van der Waals surface area contributed by atoms with Crippen LogP contribution < -0.4 is 5.32 Å². The van der Waals surface area contributed by atoms with Gasteiger partial charge < -0.3 is 15.0 Å². The molecular weight excluding hydrogens is 252 g/mol. The predicted octanol–water partition coefficient (Wildman–Crippen LogP) is 3.66. The lowest BCUT2D eigenvalue weighted by Gasteiger charge is -2.41. The van der Waals surface area contributed by atoms with Crippen LogP contribution in [0.3, 0.4) is 0 Å². The van der Waals surface area contributed by atoms with Crippen LogP contribution in [0, 0.1) is 5.41 Å². The first-order valence-corrected chi connectivity index (χ1v) is 7.68. The third kappa shape index (κ3) is 5.31. The number of rotatable bonds is 0. The van der Waals surface area contributed by atoms with Crippen molar-refractivity contribution in [1.29, 1.82) is 0 Å². The molecule has 20 heavy (non-hydrogen) atoms. The number of ether oxygens (including phenoxy) is 1. The van der Waals surface area contributed by atoms with Crippen LogP contribution in [0.25, 0.3) is 0 Å². The second-order valence-corrected chi connectivity index (χ2v) is 7.34. The molecule has 0 aliphatic carbocycles. The third-order valence-corrected chi connectivity index (χ3v) is 3.88. The fourth-order valence-corrected chi connectivity index (χ4v) is 1.98. The summed E-state index contributed by atoms with van der Waals surface area (Å²) in [7, 11) is 0. The average Bonchev–Trinajstić information content (AvgIpc) is 2.37. The third-order valence-electron chi connectivity index (χ3n) is 3.88. The van der Waals surface area contributed by atoms with Gasteiger partial charge in [-0.25, -0.2) is 4.79 Å². The molecule has 4 heteroatoms. The van der Waals surface area contributed by atoms with Crippen molar-refractivity contribution in [1.82, 2.24) is 10.2 Å². The smallest absolute Gasteiger partial charge is 0.410 e. The molecule has 0 saturated carbocycles.